The lowest BCUT2D eigenvalue weighted by molar-refractivity contribution is 0.768. The van der Waals surface area contributed by atoms with Crippen molar-refractivity contribution in [1.82, 2.24) is 9.97 Å². The summed E-state index contributed by atoms with van der Waals surface area (Å²) in [5.74, 6) is 0.697. The van der Waals surface area contributed by atoms with Gasteiger partial charge in [0.25, 0.3) is 0 Å². The molecule has 0 unspecified atom stereocenters. The first kappa shape index (κ1) is 36.2. The van der Waals surface area contributed by atoms with Gasteiger partial charge in [-0.1, -0.05) is 200 Å². The van der Waals surface area contributed by atoms with E-state index in [0.717, 1.165) is 39.2 Å². The maximum absolute atomic E-state index is 5.32. The van der Waals surface area contributed by atoms with E-state index in [-0.39, 0.29) is 0 Å². The highest BCUT2D eigenvalue weighted by atomic mass is 32.1. The number of benzene rings is 9. The van der Waals surface area contributed by atoms with Crippen LogP contribution in [0.15, 0.2) is 231 Å². The molecule has 0 aliphatic heterocycles. The fourth-order valence-electron chi connectivity index (χ4n) is 9.76. The molecule has 2 heterocycles. The Morgan fingerprint density at radius 3 is 1.58 bits per heavy atom. The fourth-order valence-corrected chi connectivity index (χ4v) is 11.0. The van der Waals surface area contributed by atoms with Gasteiger partial charge >= 0.3 is 0 Å². The van der Waals surface area contributed by atoms with Gasteiger partial charge in [0.2, 0.25) is 0 Å². The van der Waals surface area contributed by atoms with Crippen LogP contribution in [0.2, 0.25) is 0 Å². The van der Waals surface area contributed by atoms with Gasteiger partial charge in [0.05, 0.1) is 16.8 Å². The summed E-state index contributed by atoms with van der Waals surface area (Å²) in [6.07, 6.45) is 0. The number of fused-ring (bicyclic) bond motifs is 6. The molecule has 0 amide bonds. The Morgan fingerprint density at radius 1 is 0.323 bits per heavy atom. The third-order valence-corrected chi connectivity index (χ3v) is 13.8. The number of thiophene rings is 1. The zero-order valence-corrected chi connectivity index (χ0v) is 34.6. The molecule has 12 rings (SSSR count). The topological polar surface area (TPSA) is 25.8 Å². The van der Waals surface area contributed by atoms with Crippen LogP contribution in [0, 0.1) is 0 Å². The molecule has 11 aromatic rings. The van der Waals surface area contributed by atoms with Crippen LogP contribution in [0.4, 0.5) is 0 Å². The normalized spacial score (nSPS) is 12.6. The highest BCUT2D eigenvalue weighted by Crippen LogP contribution is 2.56. The van der Waals surface area contributed by atoms with Crippen molar-refractivity contribution in [3.63, 3.8) is 0 Å². The monoisotopic (exact) mass is 806 g/mol. The minimum absolute atomic E-state index is 0.506. The van der Waals surface area contributed by atoms with Gasteiger partial charge in [-0.2, -0.15) is 0 Å². The van der Waals surface area contributed by atoms with Crippen LogP contribution in [0.5, 0.6) is 0 Å². The predicted molar refractivity (Wildman–Crippen MR) is 259 cm³/mol. The Morgan fingerprint density at radius 2 is 0.839 bits per heavy atom. The molecule has 2 aromatic heterocycles. The summed E-state index contributed by atoms with van der Waals surface area (Å²) in [6, 6.07) is 83.4. The van der Waals surface area contributed by atoms with Gasteiger partial charge in [-0.25, -0.2) is 9.97 Å². The van der Waals surface area contributed by atoms with Crippen molar-refractivity contribution in [3.8, 4) is 67.3 Å². The van der Waals surface area contributed by atoms with Crippen molar-refractivity contribution in [1.29, 1.82) is 0 Å². The number of rotatable bonds is 7. The Balaban J connectivity index is 1.00. The summed E-state index contributed by atoms with van der Waals surface area (Å²) in [7, 11) is 0. The Hall–Kier alpha value is -7.72. The summed E-state index contributed by atoms with van der Waals surface area (Å²) in [5, 5.41) is 2.62. The molecule has 0 fully saturated rings. The van der Waals surface area contributed by atoms with Gasteiger partial charge in [-0.15, -0.1) is 11.3 Å². The summed E-state index contributed by atoms with van der Waals surface area (Å²) >= 11 is 1.87. The first-order valence-electron chi connectivity index (χ1n) is 21.1. The van der Waals surface area contributed by atoms with E-state index in [1.54, 1.807) is 0 Å². The molecule has 0 N–H and O–H groups in total. The van der Waals surface area contributed by atoms with E-state index in [2.05, 4.69) is 224 Å². The van der Waals surface area contributed by atoms with Crippen LogP contribution in [0.25, 0.3) is 87.5 Å². The minimum Gasteiger partial charge on any atom is -0.228 e. The Kier molecular flexibility index (Phi) is 8.62. The van der Waals surface area contributed by atoms with Gasteiger partial charge in [0.1, 0.15) is 0 Å². The second-order valence-corrected chi connectivity index (χ2v) is 17.1. The van der Waals surface area contributed by atoms with Crippen molar-refractivity contribution in [2.45, 2.75) is 5.41 Å². The van der Waals surface area contributed by atoms with Gasteiger partial charge in [0.15, 0.2) is 5.82 Å². The van der Waals surface area contributed by atoms with Gasteiger partial charge in [-0.3, -0.25) is 0 Å². The number of hydrogen-bond acceptors (Lipinski definition) is 3. The third-order valence-electron chi connectivity index (χ3n) is 12.6. The molecular weight excluding hydrogens is 769 g/mol. The molecule has 1 aliphatic carbocycles. The standard InChI is InChI=1S/C59H38N2S/c1-4-17-39(18-5-1)58-60-54(43-22-15-20-41(36-43)40-19-14-21-42(35-40)47-29-16-30-51-50-28-11-13-32-56(50)62-57(47)51)38-55(61-58)44-33-34-49-48-27-10-12-31-52(48)59(53(49)37-44,45-23-6-2-7-24-45)46-25-8-3-9-26-46/h1-38H. The van der Waals surface area contributed by atoms with E-state index in [4.69, 9.17) is 9.97 Å². The average Bonchev–Trinajstić information content (AvgIpc) is 3.89. The fraction of sp³-hybridized carbons (Fsp3) is 0.0169. The molecule has 0 bridgehead atoms. The largest absolute Gasteiger partial charge is 0.228 e. The smallest absolute Gasteiger partial charge is 0.160 e. The number of nitrogens with zero attached hydrogens (tertiary/aromatic N) is 2. The van der Waals surface area contributed by atoms with Crippen molar-refractivity contribution in [2.75, 3.05) is 0 Å². The van der Waals surface area contributed by atoms with E-state index in [1.165, 1.54) is 64.7 Å². The zero-order valence-electron chi connectivity index (χ0n) is 33.7. The average molecular weight is 807 g/mol. The third kappa shape index (κ3) is 5.85. The maximum atomic E-state index is 5.32. The summed E-state index contributed by atoms with van der Waals surface area (Å²) in [5.41, 5.74) is 16.6. The maximum Gasteiger partial charge on any atom is 0.160 e. The molecule has 1 aliphatic rings. The van der Waals surface area contributed by atoms with E-state index >= 15 is 0 Å². The lowest BCUT2D eigenvalue weighted by Crippen LogP contribution is -2.28. The molecule has 290 valence electrons. The SMILES string of the molecule is c1ccc(-c2nc(-c3cccc(-c4cccc(-c5cccc6c5sc5ccccc56)c4)c3)cc(-c3ccc4c(c3)C(c3ccccc3)(c3ccccc3)c3ccccc3-4)n2)cc1. The summed E-state index contributed by atoms with van der Waals surface area (Å²) in [4.78, 5) is 10.6. The lowest BCUT2D eigenvalue weighted by Gasteiger charge is -2.34. The first-order chi connectivity index (χ1) is 30.7. The van der Waals surface area contributed by atoms with E-state index in [1.807, 2.05) is 17.4 Å². The lowest BCUT2D eigenvalue weighted by atomic mass is 9.67. The van der Waals surface area contributed by atoms with Gasteiger partial charge in [-0.05, 0) is 86.0 Å². The highest BCUT2D eigenvalue weighted by molar-refractivity contribution is 7.26. The quantitative estimate of drug-likeness (QED) is 0.160. The zero-order chi connectivity index (χ0) is 41.0. The summed E-state index contributed by atoms with van der Waals surface area (Å²) in [6.45, 7) is 0. The molecule has 9 aromatic carbocycles. The van der Waals surface area contributed by atoms with Crippen LogP contribution < -0.4 is 0 Å². The molecule has 0 spiro atoms. The second kappa shape index (κ2) is 14.8. The van der Waals surface area contributed by atoms with Gasteiger partial charge < -0.3 is 0 Å². The van der Waals surface area contributed by atoms with Crippen molar-refractivity contribution in [3.05, 3.63) is 253 Å². The molecule has 3 heteroatoms. The molecule has 0 radical (unpaired) electrons. The van der Waals surface area contributed by atoms with E-state index in [9.17, 15) is 0 Å². The molecular formula is C59H38N2S. The molecule has 2 nitrogen and oxygen atoms in total. The number of aromatic nitrogens is 2. The highest BCUT2D eigenvalue weighted by Gasteiger charge is 2.46. The van der Waals surface area contributed by atoms with Crippen LogP contribution in [0.1, 0.15) is 22.3 Å². The first-order valence-corrected chi connectivity index (χ1v) is 22.0. The van der Waals surface area contributed by atoms with Crippen LogP contribution in [0.3, 0.4) is 0 Å². The predicted octanol–water partition coefficient (Wildman–Crippen LogP) is 15.5. The van der Waals surface area contributed by atoms with E-state index in [0.29, 0.717) is 5.82 Å². The van der Waals surface area contributed by atoms with E-state index < -0.39 is 5.41 Å². The minimum atomic E-state index is -0.506. The van der Waals surface area contributed by atoms with Crippen LogP contribution in [-0.2, 0) is 5.41 Å². The van der Waals surface area contributed by atoms with Crippen LogP contribution >= 0.6 is 11.3 Å². The Labute approximate surface area is 365 Å². The van der Waals surface area contributed by atoms with Crippen molar-refractivity contribution >= 4 is 31.5 Å². The van der Waals surface area contributed by atoms with Crippen molar-refractivity contribution in [2.24, 2.45) is 0 Å². The molecule has 0 saturated carbocycles. The van der Waals surface area contributed by atoms with Gasteiger partial charge in [0, 0.05) is 36.9 Å². The van der Waals surface area contributed by atoms with Crippen molar-refractivity contribution < 1.29 is 0 Å². The molecule has 0 saturated heterocycles. The number of hydrogen-bond donors (Lipinski definition) is 0. The summed E-state index contributed by atoms with van der Waals surface area (Å²) < 4.78 is 2.64. The second-order valence-electron chi connectivity index (χ2n) is 16.1. The van der Waals surface area contributed by atoms with Crippen LogP contribution in [-0.4, -0.2) is 9.97 Å². The molecule has 62 heavy (non-hydrogen) atoms. The molecule has 0 atom stereocenters. The Bertz CT molecular complexity index is 3420.